The lowest BCUT2D eigenvalue weighted by molar-refractivity contribution is -0.146. The van der Waals surface area contributed by atoms with Crippen LogP contribution in [0.2, 0.25) is 0 Å². The number of esters is 1. The van der Waals surface area contributed by atoms with Crippen molar-refractivity contribution in [2.75, 3.05) is 59.0 Å². The number of aromatic nitrogens is 1. The zero-order chi connectivity index (χ0) is 51.7. The minimum Gasteiger partial charge on any atom is -0.506 e. The van der Waals surface area contributed by atoms with Crippen LogP contribution >= 0.6 is 0 Å². The summed E-state index contributed by atoms with van der Waals surface area (Å²) >= 11 is 0. The normalized spacial score (nSPS) is 16.5. The molecule has 2 unspecified atom stereocenters. The standard InChI is InChI=1S/C62H65N5O8/c68-54-24-22-52(53-23-25-56(70)64-58(53)54)55(69)37-63-31-26-43-14-18-49(19-15-43)60(72)67-41-62(42-67)29-34-66(35-30-62)59(71)48-20-16-45(17-21-48)39-74-51-13-7-12-50(36-51)57(47-10-5-2-6-11-47)61(73)75-40-46-27-32-65(33-28-46)38-44-8-3-1-4-9-44/h1-25,36,46,55,57,63,68-69H,26-35,37-42H2,(H,64,70). The van der Waals surface area contributed by atoms with Crippen molar-refractivity contribution in [3.05, 3.63) is 213 Å². The molecule has 4 heterocycles. The van der Waals surface area contributed by atoms with Crippen molar-refractivity contribution in [3.63, 3.8) is 0 Å². The van der Waals surface area contributed by atoms with Gasteiger partial charge in [-0.2, -0.15) is 0 Å². The second kappa shape index (κ2) is 23.3. The fourth-order valence-electron chi connectivity index (χ4n) is 11.0. The van der Waals surface area contributed by atoms with Crippen LogP contribution in [0, 0.1) is 11.3 Å². The number of piperidine rings is 2. The molecule has 3 saturated heterocycles. The first kappa shape index (κ1) is 50.9. The number of pyridine rings is 1. The number of ether oxygens (including phenoxy) is 2. The van der Waals surface area contributed by atoms with Crippen LogP contribution in [0.1, 0.15) is 91.8 Å². The van der Waals surface area contributed by atoms with Crippen LogP contribution < -0.4 is 15.6 Å². The molecule has 6 aromatic carbocycles. The van der Waals surface area contributed by atoms with Crippen LogP contribution in [0.4, 0.5) is 0 Å². The summed E-state index contributed by atoms with van der Waals surface area (Å²) in [5.41, 5.74) is 6.86. The third kappa shape index (κ3) is 12.3. The molecule has 13 nitrogen and oxygen atoms in total. The van der Waals surface area contributed by atoms with E-state index in [-0.39, 0.29) is 41.1 Å². The van der Waals surface area contributed by atoms with Crippen molar-refractivity contribution >= 4 is 28.7 Å². The third-order valence-corrected chi connectivity index (χ3v) is 15.4. The Balaban J connectivity index is 0.648. The molecule has 3 aliphatic rings. The van der Waals surface area contributed by atoms with Gasteiger partial charge in [-0.05, 0) is 140 Å². The van der Waals surface area contributed by atoms with Gasteiger partial charge in [0.15, 0.2) is 0 Å². The van der Waals surface area contributed by atoms with E-state index in [1.807, 2.05) is 119 Å². The Hall–Kier alpha value is -7.58. The molecule has 2 amide bonds. The highest BCUT2D eigenvalue weighted by molar-refractivity contribution is 5.95. The number of hydrogen-bond donors (Lipinski definition) is 4. The summed E-state index contributed by atoms with van der Waals surface area (Å²) in [5, 5.41) is 24.9. The first-order valence-electron chi connectivity index (χ1n) is 26.3. The molecule has 0 bridgehead atoms. The maximum Gasteiger partial charge on any atom is 0.317 e. The predicted molar refractivity (Wildman–Crippen MR) is 289 cm³/mol. The maximum absolute atomic E-state index is 13.9. The van der Waals surface area contributed by atoms with Gasteiger partial charge in [0.05, 0.1) is 18.2 Å². The molecule has 3 aliphatic heterocycles. The highest BCUT2D eigenvalue weighted by atomic mass is 16.5. The zero-order valence-corrected chi connectivity index (χ0v) is 42.2. The van der Waals surface area contributed by atoms with E-state index in [9.17, 15) is 29.4 Å². The average Bonchev–Trinajstić information content (AvgIpc) is 3.44. The highest BCUT2D eigenvalue weighted by Crippen LogP contribution is 2.41. The number of benzene rings is 6. The van der Waals surface area contributed by atoms with Gasteiger partial charge in [0, 0.05) is 67.3 Å². The Morgan fingerprint density at radius 2 is 1.35 bits per heavy atom. The smallest absolute Gasteiger partial charge is 0.317 e. The van der Waals surface area contributed by atoms with Gasteiger partial charge in [0.25, 0.3) is 11.8 Å². The van der Waals surface area contributed by atoms with Gasteiger partial charge in [-0.1, -0.05) is 103 Å². The van der Waals surface area contributed by atoms with Gasteiger partial charge < -0.3 is 39.8 Å². The molecule has 0 radical (unpaired) electrons. The second-order valence-electron chi connectivity index (χ2n) is 20.6. The van der Waals surface area contributed by atoms with Crippen molar-refractivity contribution < 1.29 is 34.1 Å². The lowest BCUT2D eigenvalue weighted by Gasteiger charge is -2.54. The van der Waals surface area contributed by atoms with Crippen molar-refractivity contribution in [2.45, 2.75) is 57.3 Å². The fraction of sp³-hybridized carbons (Fsp3) is 0.323. The number of fused-ring (bicyclic) bond motifs is 1. The van der Waals surface area contributed by atoms with Crippen molar-refractivity contribution in [2.24, 2.45) is 11.3 Å². The Morgan fingerprint density at radius 3 is 2.05 bits per heavy atom. The lowest BCUT2D eigenvalue weighted by Crippen LogP contribution is -2.62. The Morgan fingerprint density at radius 1 is 0.693 bits per heavy atom. The van der Waals surface area contributed by atoms with Crippen LogP contribution in [-0.4, -0.2) is 107 Å². The quantitative estimate of drug-likeness (QED) is 0.0483. The number of H-pyrrole nitrogens is 1. The van der Waals surface area contributed by atoms with E-state index >= 15 is 0 Å². The summed E-state index contributed by atoms with van der Waals surface area (Å²) in [6, 6.07) is 49.3. The summed E-state index contributed by atoms with van der Waals surface area (Å²) in [7, 11) is 0. The van der Waals surface area contributed by atoms with Crippen molar-refractivity contribution in [1.82, 2.24) is 25.0 Å². The highest BCUT2D eigenvalue weighted by Gasteiger charge is 2.47. The Bertz CT molecular complexity index is 3120. The van der Waals surface area contributed by atoms with E-state index in [0.717, 1.165) is 67.6 Å². The summed E-state index contributed by atoms with van der Waals surface area (Å²) < 4.78 is 12.3. The molecule has 386 valence electrons. The molecule has 1 aromatic heterocycles. The number of phenols is 1. The topological polar surface area (TPSA) is 165 Å². The molecule has 2 atom stereocenters. The summed E-state index contributed by atoms with van der Waals surface area (Å²) in [6.45, 7) is 7.14. The summed E-state index contributed by atoms with van der Waals surface area (Å²) in [6.07, 6.45) is 3.53. The van der Waals surface area contributed by atoms with E-state index < -0.39 is 12.0 Å². The molecule has 10 rings (SSSR count). The number of aromatic hydroxyl groups is 1. The molecule has 3 fully saturated rings. The molecule has 0 saturated carbocycles. The Labute approximate surface area is 437 Å². The molecular formula is C62H65N5O8. The number of aromatic amines is 1. The molecule has 4 N–H and O–H groups in total. The number of likely N-dealkylation sites (tertiary alicyclic amines) is 3. The number of carbonyl (C=O) groups excluding carboxylic acids is 3. The molecular weight excluding hydrogens is 943 g/mol. The predicted octanol–water partition coefficient (Wildman–Crippen LogP) is 8.64. The van der Waals surface area contributed by atoms with E-state index in [4.69, 9.17) is 9.47 Å². The first-order chi connectivity index (χ1) is 36.6. The van der Waals surface area contributed by atoms with E-state index in [1.165, 1.54) is 17.7 Å². The number of phenolic OH excluding ortho intramolecular Hbond substituents is 1. The van der Waals surface area contributed by atoms with Crippen LogP contribution in [0.15, 0.2) is 163 Å². The monoisotopic (exact) mass is 1010 g/mol. The van der Waals surface area contributed by atoms with Crippen molar-refractivity contribution in [3.8, 4) is 11.5 Å². The summed E-state index contributed by atoms with van der Waals surface area (Å²) in [4.78, 5) is 61.7. The van der Waals surface area contributed by atoms with Crippen LogP contribution in [0.3, 0.4) is 0 Å². The minimum atomic E-state index is -0.841. The molecule has 75 heavy (non-hydrogen) atoms. The number of aliphatic hydroxyl groups is 1. The molecule has 13 heteroatoms. The maximum atomic E-state index is 13.9. The van der Waals surface area contributed by atoms with Crippen molar-refractivity contribution in [1.29, 1.82) is 0 Å². The van der Waals surface area contributed by atoms with Gasteiger partial charge in [-0.15, -0.1) is 0 Å². The number of nitrogens with one attached hydrogen (secondary N) is 2. The van der Waals surface area contributed by atoms with Gasteiger partial charge in [0.1, 0.15) is 24.0 Å². The average molecular weight is 1010 g/mol. The minimum absolute atomic E-state index is 0.000643. The lowest BCUT2D eigenvalue weighted by atomic mass is 9.71. The largest absolute Gasteiger partial charge is 0.506 e. The fourth-order valence-corrected chi connectivity index (χ4v) is 11.0. The van der Waals surface area contributed by atoms with Gasteiger partial charge in [-0.25, -0.2) is 0 Å². The summed E-state index contributed by atoms with van der Waals surface area (Å²) in [5.74, 6) is 0.0800. The number of aliphatic hydroxyl groups excluding tert-OH is 1. The van der Waals surface area contributed by atoms with E-state index in [2.05, 4.69) is 39.5 Å². The molecule has 7 aromatic rings. The first-order valence-corrected chi connectivity index (χ1v) is 26.3. The van der Waals surface area contributed by atoms with Gasteiger partial charge in [0.2, 0.25) is 5.56 Å². The third-order valence-electron chi connectivity index (χ3n) is 15.4. The van der Waals surface area contributed by atoms with E-state index in [1.54, 1.807) is 12.1 Å². The molecule has 0 aliphatic carbocycles. The number of hydrogen-bond acceptors (Lipinski definition) is 10. The number of nitrogens with zero attached hydrogens (tertiary/aromatic N) is 3. The van der Waals surface area contributed by atoms with Crippen LogP contribution in [0.25, 0.3) is 10.9 Å². The molecule has 1 spiro atoms. The van der Waals surface area contributed by atoms with Gasteiger partial charge >= 0.3 is 5.97 Å². The number of amides is 2. The SMILES string of the molecule is O=C(OCC1CCN(Cc2ccccc2)CC1)C(c1ccccc1)c1cccc(OCc2ccc(C(=O)N3CCC4(CC3)CN(C(=O)c3ccc(CCNCC(O)c5ccc(O)c6[nH]c(=O)ccc56)cc3)C4)cc2)c1. The van der Waals surface area contributed by atoms with Crippen LogP contribution in [-0.2, 0) is 29.1 Å². The van der Waals surface area contributed by atoms with E-state index in [0.29, 0.717) is 91.6 Å². The second-order valence-corrected chi connectivity index (χ2v) is 20.6. The number of carbonyl (C=O) groups is 3. The van der Waals surface area contributed by atoms with Crippen LogP contribution in [0.5, 0.6) is 11.5 Å². The van der Waals surface area contributed by atoms with Gasteiger partial charge in [-0.3, -0.25) is 24.1 Å². The Kier molecular flexibility index (Phi) is 15.8. The number of rotatable bonds is 18. The zero-order valence-electron chi connectivity index (χ0n) is 42.2.